The van der Waals surface area contributed by atoms with E-state index < -0.39 is 0 Å². The topological polar surface area (TPSA) is 35.2 Å². The Hall–Kier alpha value is -0.340. The Bertz CT molecular complexity index is 63.5. The minimum atomic E-state index is 0.139. The molecule has 0 aromatic heterocycles. The number of rotatable bonds is 4. The monoisotopic (exact) mass is 115 g/mol. The quantitative estimate of drug-likeness (QED) is 0.542. The molecule has 2 nitrogen and oxygen atoms in total. The predicted molar refractivity (Wildman–Crippen MR) is 34.7 cm³/mol. The average molecular weight is 115 g/mol. The Morgan fingerprint density at radius 1 is 1.88 bits per heavy atom. The molecule has 0 heterocycles. The molecule has 0 bridgehead atoms. The molecule has 0 fully saturated rings. The van der Waals surface area contributed by atoms with Crippen molar-refractivity contribution in [1.29, 1.82) is 0 Å². The third-order valence-electron chi connectivity index (χ3n) is 1.02. The van der Waals surface area contributed by atoms with E-state index in [-0.39, 0.29) is 6.10 Å². The van der Waals surface area contributed by atoms with Crippen LogP contribution in [0.2, 0.25) is 0 Å². The fourth-order valence-corrected chi connectivity index (χ4v) is 0.496. The summed E-state index contributed by atoms with van der Waals surface area (Å²) in [6.45, 7) is 4.23. The van der Waals surface area contributed by atoms with Crippen LogP contribution in [0.25, 0.3) is 0 Å². The predicted octanol–water partition coefficient (Wildman–Crippen LogP) is 0.536. The largest absolute Gasteiger partial charge is 0.377 e. The average Bonchev–Trinajstić information content (AvgIpc) is 1.83. The molecule has 1 unspecified atom stereocenters. The van der Waals surface area contributed by atoms with Crippen LogP contribution in [0.3, 0.4) is 0 Å². The van der Waals surface area contributed by atoms with Gasteiger partial charge in [-0.25, -0.2) is 0 Å². The van der Waals surface area contributed by atoms with Gasteiger partial charge in [0.15, 0.2) is 0 Å². The highest BCUT2D eigenvalue weighted by molar-refractivity contribution is 4.79. The maximum absolute atomic E-state index is 5.25. The first-order valence-electron chi connectivity index (χ1n) is 2.70. The lowest BCUT2D eigenvalue weighted by Crippen LogP contribution is -2.12. The molecule has 0 aromatic carbocycles. The number of hydrogen-bond donors (Lipinski definition) is 1. The van der Waals surface area contributed by atoms with E-state index in [1.54, 1.807) is 13.2 Å². The van der Waals surface area contributed by atoms with Gasteiger partial charge in [0, 0.05) is 7.11 Å². The molecular weight excluding hydrogens is 102 g/mol. The van der Waals surface area contributed by atoms with Gasteiger partial charge in [0.1, 0.15) is 0 Å². The van der Waals surface area contributed by atoms with Crippen LogP contribution in [0.4, 0.5) is 0 Å². The van der Waals surface area contributed by atoms with Crippen molar-refractivity contribution in [3.63, 3.8) is 0 Å². The van der Waals surface area contributed by atoms with Crippen molar-refractivity contribution in [3.05, 3.63) is 12.7 Å². The zero-order valence-corrected chi connectivity index (χ0v) is 5.26. The Balaban J connectivity index is 3.21. The van der Waals surface area contributed by atoms with Gasteiger partial charge in [0.2, 0.25) is 0 Å². The minimum absolute atomic E-state index is 0.139. The Kier molecular flexibility index (Phi) is 4.61. The maximum atomic E-state index is 5.25. The zero-order valence-electron chi connectivity index (χ0n) is 5.26. The molecule has 2 heteroatoms. The Labute approximate surface area is 50.3 Å². The van der Waals surface area contributed by atoms with Crippen LogP contribution in [-0.2, 0) is 4.74 Å². The summed E-state index contributed by atoms with van der Waals surface area (Å²) >= 11 is 0. The smallest absolute Gasteiger partial charge is 0.0761 e. The van der Waals surface area contributed by atoms with Crippen LogP contribution in [0, 0.1) is 0 Å². The molecule has 48 valence electrons. The molecule has 0 spiro atoms. The fourth-order valence-electron chi connectivity index (χ4n) is 0.496. The first-order chi connectivity index (χ1) is 3.85. The van der Waals surface area contributed by atoms with E-state index in [4.69, 9.17) is 10.5 Å². The van der Waals surface area contributed by atoms with E-state index in [9.17, 15) is 0 Å². The van der Waals surface area contributed by atoms with E-state index in [0.29, 0.717) is 6.54 Å². The van der Waals surface area contributed by atoms with Gasteiger partial charge in [-0.3, -0.25) is 0 Å². The van der Waals surface area contributed by atoms with Crippen LogP contribution in [-0.4, -0.2) is 19.8 Å². The highest BCUT2D eigenvalue weighted by Gasteiger charge is 1.96. The first kappa shape index (κ1) is 7.66. The second-order valence-electron chi connectivity index (χ2n) is 1.59. The van der Waals surface area contributed by atoms with Crippen LogP contribution in [0.1, 0.15) is 6.42 Å². The normalized spacial score (nSPS) is 13.2. The van der Waals surface area contributed by atoms with E-state index in [0.717, 1.165) is 6.42 Å². The van der Waals surface area contributed by atoms with Crippen LogP contribution in [0.5, 0.6) is 0 Å². The molecule has 0 saturated heterocycles. The van der Waals surface area contributed by atoms with Crippen molar-refractivity contribution in [1.82, 2.24) is 0 Å². The van der Waals surface area contributed by atoms with Crippen molar-refractivity contribution < 1.29 is 4.74 Å². The number of ether oxygens (including phenoxy) is 1. The molecule has 1 atom stereocenters. The molecule has 0 aromatic rings. The second kappa shape index (κ2) is 4.81. The lowest BCUT2D eigenvalue weighted by atomic mass is 10.2. The molecule has 2 N–H and O–H groups in total. The molecule has 0 aliphatic carbocycles. The van der Waals surface area contributed by atoms with E-state index in [1.165, 1.54) is 0 Å². The molecule has 0 aliphatic rings. The highest BCUT2D eigenvalue weighted by Crippen LogP contribution is 1.93. The number of hydrogen-bond acceptors (Lipinski definition) is 2. The number of methoxy groups -OCH3 is 1. The lowest BCUT2D eigenvalue weighted by molar-refractivity contribution is 0.136. The van der Waals surface area contributed by atoms with Crippen LogP contribution < -0.4 is 5.73 Å². The first-order valence-corrected chi connectivity index (χ1v) is 2.70. The van der Waals surface area contributed by atoms with Gasteiger partial charge in [-0.2, -0.15) is 0 Å². The minimum Gasteiger partial charge on any atom is -0.377 e. The third kappa shape index (κ3) is 2.77. The Morgan fingerprint density at radius 3 is 2.62 bits per heavy atom. The number of nitrogens with two attached hydrogens (primary N) is 1. The van der Waals surface area contributed by atoms with Gasteiger partial charge in [-0.05, 0) is 13.0 Å². The van der Waals surface area contributed by atoms with Crippen LogP contribution >= 0.6 is 0 Å². The summed E-state index contributed by atoms with van der Waals surface area (Å²) in [5, 5.41) is 0. The molecule has 0 amide bonds. The SMILES string of the molecule is C=CC(CCN)OC. The Morgan fingerprint density at radius 2 is 2.50 bits per heavy atom. The standard InChI is InChI=1S/C6H13NO/c1-3-6(8-2)4-5-7/h3,6H,1,4-5,7H2,2H3. The molecule has 8 heavy (non-hydrogen) atoms. The van der Waals surface area contributed by atoms with Crippen molar-refractivity contribution in [2.24, 2.45) is 5.73 Å². The summed E-state index contributed by atoms with van der Waals surface area (Å²) in [5.74, 6) is 0. The van der Waals surface area contributed by atoms with Gasteiger partial charge in [0.25, 0.3) is 0 Å². The fraction of sp³-hybridized carbons (Fsp3) is 0.667. The maximum Gasteiger partial charge on any atom is 0.0761 e. The van der Waals surface area contributed by atoms with Gasteiger partial charge in [-0.1, -0.05) is 6.08 Å². The van der Waals surface area contributed by atoms with Crippen molar-refractivity contribution >= 4 is 0 Å². The summed E-state index contributed by atoms with van der Waals surface area (Å²) < 4.78 is 4.94. The molecule has 0 radical (unpaired) electrons. The zero-order chi connectivity index (χ0) is 6.41. The molecule has 0 saturated carbocycles. The highest BCUT2D eigenvalue weighted by atomic mass is 16.5. The third-order valence-corrected chi connectivity index (χ3v) is 1.02. The van der Waals surface area contributed by atoms with Crippen molar-refractivity contribution in [2.45, 2.75) is 12.5 Å². The summed E-state index contributed by atoms with van der Waals surface area (Å²) in [6, 6.07) is 0. The second-order valence-corrected chi connectivity index (χ2v) is 1.59. The van der Waals surface area contributed by atoms with Crippen LogP contribution in [0.15, 0.2) is 12.7 Å². The van der Waals surface area contributed by atoms with E-state index in [1.807, 2.05) is 0 Å². The molecular formula is C6H13NO. The van der Waals surface area contributed by atoms with Crippen molar-refractivity contribution in [2.75, 3.05) is 13.7 Å². The lowest BCUT2D eigenvalue weighted by Gasteiger charge is -2.06. The summed E-state index contributed by atoms with van der Waals surface area (Å²) in [4.78, 5) is 0. The summed E-state index contributed by atoms with van der Waals surface area (Å²) in [6.07, 6.45) is 2.76. The summed E-state index contributed by atoms with van der Waals surface area (Å²) in [5.41, 5.74) is 5.25. The van der Waals surface area contributed by atoms with Gasteiger partial charge in [-0.15, -0.1) is 6.58 Å². The van der Waals surface area contributed by atoms with E-state index in [2.05, 4.69) is 6.58 Å². The molecule has 0 rings (SSSR count). The van der Waals surface area contributed by atoms with Gasteiger partial charge >= 0.3 is 0 Å². The van der Waals surface area contributed by atoms with Crippen molar-refractivity contribution in [3.8, 4) is 0 Å². The molecule has 0 aliphatic heterocycles. The van der Waals surface area contributed by atoms with E-state index >= 15 is 0 Å². The van der Waals surface area contributed by atoms with Gasteiger partial charge < -0.3 is 10.5 Å². The summed E-state index contributed by atoms with van der Waals surface area (Å²) in [7, 11) is 1.65. The van der Waals surface area contributed by atoms with Gasteiger partial charge in [0.05, 0.1) is 6.10 Å².